The normalized spacial score (nSPS) is 19.9. The van der Waals surface area contributed by atoms with E-state index in [1.54, 1.807) is 30.6 Å². The van der Waals surface area contributed by atoms with Gasteiger partial charge in [0.05, 0.1) is 5.69 Å². The molecule has 1 fully saturated rings. The van der Waals surface area contributed by atoms with Gasteiger partial charge in [-0.25, -0.2) is 4.98 Å². The highest BCUT2D eigenvalue weighted by molar-refractivity contribution is 7.12. The summed E-state index contributed by atoms with van der Waals surface area (Å²) in [5, 5.41) is 12.3. The van der Waals surface area contributed by atoms with Crippen molar-refractivity contribution >= 4 is 23.2 Å². The van der Waals surface area contributed by atoms with Gasteiger partial charge in [0, 0.05) is 36.5 Å². The van der Waals surface area contributed by atoms with E-state index in [-0.39, 0.29) is 10.9 Å². The van der Waals surface area contributed by atoms with Gasteiger partial charge in [0.15, 0.2) is 5.01 Å². The minimum atomic E-state index is -1.62. The number of amides is 2. The Morgan fingerprint density at radius 2 is 2.29 bits per heavy atom. The second-order valence-corrected chi connectivity index (χ2v) is 6.43. The fourth-order valence-corrected chi connectivity index (χ4v) is 3.10. The number of thiazole rings is 1. The smallest absolute Gasteiger partial charge is 0.277 e. The lowest BCUT2D eigenvalue weighted by molar-refractivity contribution is -0.137. The molecule has 0 bridgehead atoms. The summed E-state index contributed by atoms with van der Waals surface area (Å²) in [6.45, 7) is 0.485. The molecule has 1 aliphatic rings. The van der Waals surface area contributed by atoms with E-state index in [1.165, 1.54) is 16.2 Å². The number of aromatic nitrogens is 1. The maximum atomic E-state index is 11.9. The van der Waals surface area contributed by atoms with Crippen LogP contribution in [0.2, 0.25) is 0 Å². The molecule has 2 aromatic rings. The summed E-state index contributed by atoms with van der Waals surface area (Å²) in [4.78, 5) is 28.7. The molecule has 1 aliphatic heterocycles. The molecular formula is C17H15N3O3S. The van der Waals surface area contributed by atoms with Gasteiger partial charge in [0.2, 0.25) is 5.60 Å². The lowest BCUT2D eigenvalue weighted by atomic mass is 10.0. The third-order valence-electron chi connectivity index (χ3n) is 3.80. The lowest BCUT2D eigenvalue weighted by Gasteiger charge is -2.13. The van der Waals surface area contributed by atoms with Crippen LogP contribution in [-0.4, -0.2) is 46.0 Å². The van der Waals surface area contributed by atoms with Crippen LogP contribution in [0.15, 0.2) is 29.6 Å². The number of likely N-dealkylation sites (N-methyl/N-ethyl adjacent to an activating group) is 1. The molecule has 7 heteroatoms. The third kappa shape index (κ3) is 3.02. The second-order valence-electron chi connectivity index (χ2n) is 5.57. The summed E-state index contributed by atoms with van der Waals surface area (Å²) in [5.74, 6) is 4.59. The summed E-state index contributed by atoms with van der Waals surface area (Å²) >= 11 is 1.18. The largest absolute Gasteiger partial charge is 0.369 e. The molecule has 0 unspecified atom stereocenters. The Hall–Kier alpha value is -2.69. The van der Waals surface area contributed by atoms with E-state index < -0.39 is 11.5 Å². The summed E-state index contributed by atoms with van der Waals surface area (Å²) in [7, 11) is 1.64. The molecular weight excluding hydrogens is 326 g/mol. The number of rotatable bonds is 2. The van der Waals surface area contributed by atoms with Crippen molar-refractivity contribution in [1.29, 1.82) is 0 Å². The van der Waals surface area contributed by atoms with E-state index in [2.05, 4.69) is 16.8 Å². The van der Waals surface area contributed by atoms with E-state index in [9.17, 15) is 14.7 Å². The van der Waals surface area contributed by atoms with Crippen LogP contribution >= 0.6 is 11.3 Å². The third-order valence-corrected chi connectivity index (χ3v) is 4.65. The van der Waals surface area contributed by atoms with Crippen molar-refractivity contribution in [3.63, 3.8) is 0 Å². The number of hydrogen-bond donors (Lipinski definition) is 2. The fourth-order valence-electron chi connectivity index (χ4n) is 2.42. The van der Waals surface area contributed by atoms with Crippen LogP contribution in [0.1, 0.15) is 21.8 Å². The van der Waals surface area contributed by atoms with Crippen molar-refractivity contribution < 1.29 is 14.7 Å². The zero-order valence-corrected chi connectivity index (χ0v) is 13.8. The van der Waals surface area contributed by atoms with Gasteiger partial charge in [-0.2, -0.15) is 0 Å². The van der Waals surface area contributed by atoms with Crippen LogP contribution in [0.5, 0.6) is 0 Å². The van der Waals surface area contributed by atoms with E-state index in [1.807, 2.05) is 6.07 Å². The number of aliphatic hydroxyl groups is 1. The summed E-state index contributed by atoms with van der Waals surface area (Å²) in [6.07, 6.45) is 0.295. The first-order valence-electron chi connectivity index (χ1n) is 7.26. The summed E-state index contributed by atoms with van der Waals surface area (Å²) in [5.41, 5.74) is 5.66. The molecule has 2 amide bonds. The van der Waals surface area contributed by atoms with Gasteiger partial charge in [-0.15, -0.1) is 11.3 Å². The molecule has 0 radical (unpaired) electrons. The monoisotopic (exact) mass is 341 g/mol. The maximum Gasteiger partial charge on any atom is 0.277 e. The van der Waals surface area contributed by atoms with Crippen LogP contribution in [-0.2, 0) is 4.79 Å². The number of nitrogens with zero attached hydrogens (tertiary/aromatic N) is 2. The minimum absolute atomic E-state index is 0.246. The topological polar surface area (TPSA) is 96.5 Å². The molecule has 2 heterocycles. The van der Waals surface area contributed by atoms with Crippen molar-refractivity contribution in [1.82, 2.24) is 9.88 Å². The fraction of sp³-hybridized carbons (Fsp3) is 0.235. The summed E-state index contributed by atoms with van der Waals surface area (Å²) < 4.78 is 0. The SMILES string of the molecule is CN1CC[C@@](O)(C#Cc2cccc(-c3csc(C(N)=O)n3)c2)C1=O. The first-order chi connectivity index (χ1) is 11.4. The number of nitrogens with two attached hydrogens (primary N) is 1. The molecule has 122 valence electrons. The van der Waals surface area contributed by atoms with Gasteiger partial charge in [-0.1, -0.05) is 24.0 Å². The zero-order valence-electron chi connectivity index (χ0n) is 12.9. The molecule has 1 aromatic heterocycles. The van der Waals surface area contributed by atoms with Gasteiger partial charge < -0.3 is 15.7 Å². The van der Waals surface area contributed by atoms with Crippen LogP contribution < -0.4 is 5.73 Å². The minimum Gasteiger partial charge on any atom is -0.369 e. The number of benzene rings is 1. The van der Waals surface area contributed by atoms with Crippen molar-refractivity contribution in [2.45, 2.75) is 12.0 Å². The summed E-state index contributed by atoms with van der Waals surface area (Å²) in [6, 6.07) is 7.22. The molecule has 0 saturated carbocycles. The van der Waals surface area contributed by atoms with Crippen LogP contribution in [0.4, 0.5) is 0 Å². The maximum absolute atomic E-state index is 11.9. The number of hydrogen-bond acceptors (Lipinski definition) is 5. The quantitative estimate of drug-likeness (QED) is 0.792. The Labute approximate surface area is 142 Å². The predicted octanol–water partition coefficient (Wildman–Crippen LogP) is 0.854. The van der Waals surface area contributed by atoms with Crippen LogP contribution in [0.25, 0.3) is 11.3 Å². The lowest BCUT2D eigenvalue weighted by Crippen LogP contribution is -2.37. The Morgan fingerprint density at radius 1 is 1.50 bits per heavy atom. The molecule has 0 spiro atoms. The molecule has 1 atom stereocenters. The molecule has 6 nitrogen and oxygen atoms in total. The molecule has 1 saturated heterocycles. The molecule has 1 aromatic carbocycles. The van der Waals surface area contributed by atoms with Crippen molar-refractivity contribution in [2.24, 2.45) is 5.73 Å². The van der Waals surface area contributed by atoms with Crippen molar-refractivity contribution in [2.75, 3.05) is 13.6 Å². The first-order valence-corrected chi connectivity index (χ1v) is 8.14. The highest BCUT2D eigenvalue weighted by atomic mass is 32.1. The molecule has 24 heavy (non-hydrogen) atoms. The van der Waals surface area contributed by atoms with E-state index in [0.717, 1.165) is 5.56 Å². The average molecular weight is 341 g/mol. The van der Waals surface area contributed by atoms with Gasteiger partial charge >= 0.3 is 0 Å². The van der Waals surface area contributed by atoms with Crippen LogP contribution in [0, 0.1) is 11.8 Å². The number of carbonyl (C=O) groups excluding carboxylic acids is 2. The van der Waals surface area contributed by atoms with E-state index >= 15 is 0 Å². The van der Waals surface area contributed by atoms with Crippen molar-refractivity contribution in [3.8, 4) is 23.1 Å². The highest BCUT2D eigenvalue weighted by Gasteiger charge is 2.42. The zero-order chi connectivity index (χ0) is 17.3. The Balaban J connectivity index is 1.88. The number of primary amides is 1. The number of likely N-dealkylation sites (tertiary alicyclic amines) is 1. The van der Waals surface area contributed by atoms with Gasteiger partial charge in [0.25, 0.3) is 11.8 Å². The number of carbonyl (C=O) groups is 2. The molecule has 3 N–H and O–H groups in total. The Morgan fingerprint density at radius 3 is 2.92 bits per heavy atom. The molecule has 0 aliphatic carbocycles. The van der Waals surface area contributed by atoms with Crippen molar-refractivity contribution in [3.05, 3.63) is 40.2 Å². The molecule has 3 rings (SSSR count). The van der Waals surface area contributed by atoms with Gasteiger partial charge in [-0.3, -0.25) is 9.59 Å². The average Bonchev–Trinajstić information content (AvgIpc) is 3.16. The van der Waals surface area contributed by atoms with Gasteiger partial charge in [-0.05, 0) is 12.1 Å². The Bertz CT molecular complexity index is 880. The predicted molar refractivity (Wildman–Crippen MR) is 90.1 cm³/mol. The van der Waals surface area contributed by atoms with Gasteiger partial charge in [0.1, 0.15) is 0 Å². The highest BCUT2D eigenvalue weighted by Crippen LogP contribution is 2.23. The van der Waals surface area contributed by atoms with E-state index in [0.29, 0.717) is 24.2 Å². The van der Waals surface area contributed by atoms with Crippen LogP contribution in [0.3, 0.4) is 0 Å². The van der Waals surface area contributed by atoms with E-state index in [4.69, 9.17) is 5.73 Å². The Kier molecular flexibility index (Phi) is 4.09. The second kappa shape index (κ2) is 6.07. The standard InChI is InChI=1S/C17H15N3O3S/c1-20-8-7-17(23,16(20)22)6-5-11-3-2-4-12(9-11)13-10-24-15(19-13)14(18)21/h2-4,9-10,23H,7-8H2,1H3,(H2,18,21)/t17-/m0/s1. The first kappa shape index (κ1) is 16.2.